The second kappa shape index (κ2) is 9.40. The fourth-order valence-corrected chi connectivity index (χ4v) is 2.96. The maximum Gasteiger partial charge on any atom is 0.357 e. The van der Waals surface area contributed by atoms with Crippen LogP contribution in [0.2, 0.25) is 0 Å². The van der Waals surface area contributed by atoms with Crippen molar-refractivity contribution in [1.29, 1.82) is 5.26 Å². The van der Waals surface area contributed by atoms with Crippen LogP contribution in [0, 0.1) is 11.3 Å². The molecule has 0 radical (unpaired) electrons. The van der Waals surface area contributed by atoms with Crippen LogP contribution in [0.25, 0.3) is 17.8 Å². The zero-order chi connectivity index (χ0) is 23.3. The highest BCUT2D eigenvalue weighted by Gasteiger charge is 2.22. The van der Waals surface area contributed by atoms with Gasteiger partial charge >= 0.3 is 11.9 Å². The number of methoxy groups -OCH3 is 2. The molecule has 0 amide bonds. The Balaban J connectivity index is 2.14. The molecule has 3 rings (SSSR count). The molecule has 1 aromatic heterocycles. The van der Waals surface area contributed by atoms with Gasteiger partial charge in [0.15, 0.2) is 5.69 Å². The zero-order valence-electron chi connectivity index (χ0n) is 17.1. The first-order chi connectivity index (χ1) is 15.4. The van der Waals surface area contributed by atoms with Crippen LogP contribution in [-0.4, -0.2) is 41.0 Å². The number of carbonyl (C=O) groups excluding carboxylic acids is 1. The molecule has 1 heterocycles. The van der Waals surface area contributed by atoms with Crippen molar-refractivity contribution in [3.8, 4) is 17.5 Å². The van der Waals surface area contributed by atoms with Gasteiger partial charge in [-0.25, -0.2) is 9.59 Å². The number of benzene rings is 2. The first-order valence-corrected chi connectivity index (χ1v) is 9.21. The molecule has 9 nitrogen and oxygen atoms in total. The van der Waals surface area contributed by atoms with E-state index in [4.69, 9.17) is 4.74 Å². The summed E-state index contributed by atoms with van der Waals surface area (Å²) in [5.74, 6) is -1.62. The molecule has 0 aliphatic rings. The Kier molecular flexibility index (Phi) is 6.46. The predicted molar refractivity (Wildman–Crippen MR) is 115 cm³/mol. The monoisotopic (exact) mass is 431 g/mol. The van der Waals surface area contributed by atoms with Crippen LogP contribution in [0.4, 0.5) is 0 Å². The Morgan fingerprint density at radius 2 is 1.78 bits per heavy atom. The van der Waals surface area contributed by atoms with Crippen LogP contribution in [0.15, 0.2) is 53.3 Å². The lowest BCUT2D eigenvalue weighted by Gasteiger charge is -2.12. The minimum absolute atomic E-state index is 0.131. The molecule has 0 aliphatic heterocycles. The number of carbonyl (C=O) groups is 2. The maximum atomic E-state index is 13.0. The minimum atomic E-state index is -1.41. The molecule has 160 valence electrons. The molecular weight excluding hydrogens is 414 g/mol. The number of para-hydroxylation sites is 2. The molecule has 2 aromatic carbocycles. The summed E-state index contributed by atoms with van der Waals surface area (Å²) in [5.41, 5.74) is -0.634. The number of carboxylic acid groups (broad SMARTS) is 1. The second-order valence-electron chi connectivity index (χ2n) is 6.39. The van der Waals surface area contributed by atoms with E-state index in [-0.39, 0.29) is 22.6 Å². The maximum absolute atomic E-state index is 13.0. The van der Waals surface area contributed by atoms with Gasteiger partial charge in [0.1, 0.15) is 23.1 Å². The van der Waals surface area contributed by atoms with Crippen LogP contribution in [0.3, 0.4) is 0 Å². The molecule has 32 heavy (non-hydrogen) atoms. The SMILES string of the molecule is COC(=O)c1ccc(/C=C\c2c(C(=O)O)nn(-c3ccccc3OC)c(=O)c2C#N)cc1. The normalized spacial score (nSPS) is 10.5. The van der Waals surface area contributed by atoms with E-state index in [1.807, 2.05) is 0 Å². The predicted octanol–water partition coefficient (Wildman–Crippen LogP) is 2.77. The van der Waals surface area contributed by atoms with Gasteiger partial charge in [0, 0.05) is 5.56 Å². The summed E-state index contributed by atoms with van der Waals surface area (Å²) in [7, 11) is 2.67. The van der Waals surface area contributed by atoms with E-state index in [0.717, 1.165) is 4.68 Å². The molecule has 9 heteroatoms. The van der Waals surface area contributed by atoms with Gasteiger partial charge in [0.2, 0.25) is 0 Å². The summed E-state index contributed by atoms with van der Waals surface area (Å²) in [4.78, 5) is 36.4. The molecule has 0 aliphatic carbocycles. The topological polar surface area (TPSA) is 132 Å². The number of rotatable bonds is 6. The van der Waals surface area contributed by atoms with Crippen molar-refractivity contribution in [2.24, 2.45) is 0 Å². The van der Waals surface area contributed by atoms with Gasteiger partial charge in [-0.15, -0.1) is 0 Å². The number of nitriles is 1. The summed E-state index contributed by atoms with van der Waals surface area (Å²) in [6.45, 7) is 0. The Bertz CT molecular complexity index is 1320. The smallest absolute Gasteiger partial charge is 0.357 e. The lowest BCUT2D eigenvalue weighted by molar-refractivity contribution is 0.0599. The van der Waals surface area contributed by atoms with E-state index in [1.165, 1.54) is 44.6 Å². The fraction of sp³-hybridized carbons (Fsp3) is 0.0870. The average Bonchev–Trinajstić information content (AvgIpc) is 2.82. The van der Waals surface area contributed by atoms with Gasteiger partial charge in [-0.3, -0.25) is 4.79 Å². The van der Waals surface area contributed by atoms with E-state index in [0.29, 0.717) is 11.1 Å². The van der Waals surface area contributed by atoms with E-state index < -0.39 is 23.2 Å². The summed E-state index contributed by atoms with van der Waals surface area (Å²) in [5, 5.41) is 23.3. The van der Waals surface area contributed by atoms with Gasteiger partial charge in [-0.05, 0) is 29.8 Å². The number of ether oxygens (including phenoxy) is 2. The molecule has 0 saturated carbocycles. The average molecular weight is 431 g/mol. The third-order valence-corrected chi connectivity index (χ3v) is 4.53. The Hall–Kier alpha value is -4.71. The highest BCUT2D eigenvalue weighted by atomic mass is 16.5. The van der Waals surface area contributed by atoms with Crippen molar-refractivity contribution in [2.45, 2.75) is 0 Å². The van der Waals surface area contributed by atoms with Crippen LogP contribution < -0.4 is 10.3 Å². The number of nitrogens with zero attached hydrogens (tertiary/aromatic N) is 3. The molecular formula is C23H17N3O6. The lowest BCUT2D eigenvalue weighted by atomic mass is 10.1. The summed E-state index contributed by atoms with van der Waals surface area (Å²) >= 11 is 0. The molecule has 1 N–H and O–H groups in total. The van der Waals surface area contributed by atoms with Crippen molar-refractivity contribution < 1.29 is 24.2 Å². The molecule has 0 spiro atoms. The fourth-order valence-electron chi connectivity index (χ4n) is 2.96. The third-order valence-electron chi connectivity index (χ3n) is 4.53. The largest absolute Gasteiger partial charge is 0.494 e. The minimum Gasteiger partial charge on any atom is -0.494 e. The van der Waals surface area contributed by atoms with Crippen LogP contribution in [0.1, 0.15) is 37.5 Å². The first-order valence-electron chi connectivity index (χ1n) is 9.21. The van der Waals surface area contributed by atoms with E-state index in [1.54, 1.807) is 36.4 Å². The standard InChI is InChI=1S/C23H17N3O6/c1-31-19-6-4-3-5-18(19)26-21(27)17(13-24)16(20(25-26)22(28)29)12-9-14-7-10-15(11-8-14)23(30)32-2/h3-12H,1-2H3,(H,28,29)/b12-9-. The van der Waals surface area contributed by atoms with Crippen LogP contribution in [-0.2, 0) is 4.74 Å². The highest BCUT2D eigenvalue weighted by Crippen LogP contribution is 2.22. The third kappa shape index (κ3) is 4.24. The number of hydrogen-bond acceptors (Lipinski definition) is 7. The molecule has 0 bridgehead atoms. The van der Waals surface area contributed by atoms with Crippen molar-refractivity contribution in [1.82, 2.24) is 9.78 Å². The van der Waals surface area contributed by atoms with Gasteiger partial charge in [0.05, 0.1) is 19.8 Å². The van der Waals surface area contributed by atoms with E-state index in [9.17, 15) is 24.8 Å². The number of esters is 1. The van der Waals surface area contributed by atoms with E-state index >= 15 is 0 Å². The van der Waals surface area contributed by atoms with Crippen LogP contribution >= 0.6 is 0 Å². The van der Waals surface area contributed by atoms with Gasteiger partial charge < -0.3 is 14.6 Å². The van der Waals surface area contributed by atoms with E-state index in [2.05, 4.69) is 9.84 Å². The molecule has 0 atom stereocenters. The van der Waals surface area contributed by atoms with Crippen molar-refractivity contribution in [3.63, 3.8) is 0 Å². The molecule has 0 fully saturated rings. The summed E-state index contributed by atoms with van der Waals surface area (Å²) in [6.07, 6.45) is 2.84. The van der Waals surface area contributed by atoms with Gasteiger partial charge in [-0.2, -0.15) is 15.0 Å². The van der Waals surface area contributed by atoms with Gasteiger partial charge in [0.25, 0.3) is 5.56 Å². The Labute approximate surface area is 182 Å². The highest BCUT2D eigenvalue weighted by molar-refractivity contribution is 5.93. The van der Waals surface area contributed by atoms with Crippen molar-refractivity contribution in [3.05, 3.63) is 86.8 Å². The molecule has 3 aromatic rings. The van der Waals surface area contributed by atoms with Gasteiger partial charge in [-0.1, -0.05) is 36.4 Å². The zero-order valence-corrected chi connectivity index (χ0v) is 17.1. The number of carboxylic acids is 1. The van der Waals surface area contributed by atoms with Crippen LogP contribution in [0.5, 0.6) is 5.75 Å². The number of aromatic nitrogens is 2. The number of hydrogen-bond donors (Lipinski definition) is 1. The quantitative estimate of drug-likeness (QED) is 0.590. The molecule has 0 saturated heterocycles. The first kappa shape index (κ1) is 22.0. The lowest BCUT2D eigenvalue weighted by Crippen LogP contribution is -2.28. The van der Waals surface area contributed by atoms with Crippen molar-refractivity contribution >= 4 is 24.1 Å². The van der Waals surface area contributed by atoms with Crippen molar-refractivity contribution in [2.75, 3.05) is 14.2 Å². The molecule has 0 unspecified atom stereocenters. The number of aromatic carboxylic acids is 1. The summed E-state index contributed by atoms with van der Waals surface area (Å²) in [6, 6.07) is 14.5. The second-order valence-corrected chi connectivity index (χ2v) is 6.39. The summed E-state index contributed by atoms with van der Waals surface area (Å²) < 4.78 is 10.7. The Morgan fingerprint density at radius 3 is 2.38 bits per heavy atom. The Morgan fingerprint density at radius 1 is 1.09 bits per heavy atom.